The van der Waals surface area contributed by atoms with Gasteiger partial charge in [0, 0.05) is 11.1 Å². The average Bonchev–Trinajstić information content (AvgIpc) is 2.88. The summed E-state index contributed by atoms with van der Waals surface area (Å²) in [7, 11) is 0. The summed E-state index contributed by atoms with van der Waals surface area (Å²) in [6.07, 6.45) is 2.84. The number of halogens is 1. The van der Waals surface area contributed by atoms with Gasteiger partial charge in [-0.25, -0.2) is 9.37 Å². The first kappa shape index (κ1) is 14.8. The zero-order valence-corrected chi connectivity index (χ0v) is 13.8. The summed E-state index contributed by atoms with van der Waals surface area (Å²) in [4.78, 5) is 9.26. The van der Waals surface area contributed by atoms with E-state index in [4.69, 9.17) is 4.99 Å². The third-order valence-electron chi connectivity index (χ3n) is 4.49. The Morgan fingerprint density at radius 1 is 1.12 bits per heavy atom. The zero-order chi connectivity index (χ0) is 16.7. The molecule has 1 aromatic heterocycles. The van der Waals surface area contributed by atoms with E-state index in [1.807, 2.05) is 13.1 Å². The monoisotopic (exact) mass is 319 g/mol. The van der Waals surface area contributed by atoms with Gasteiger partial charge in [-0.1, -0.05) is 13.0 Å². The van der Waals surface area contributed by atoms with Crippen LogP contribution in [0.1, 0.15) is 35.1 Å². The van der Waals surface area contributed by atoms with E-state index >= 15 is 0 Å². The highest BCUT2D eigenvalue weighted by molar-refractivity contribution is 6.15. The molecule has 0 unspecified atom stereocenters. The third kappa shape index (κ3) is 2.35. The minimum Gasteiger partial charge on any atom is -0.298 e. The smallest absolute Gasteiger partial charge is 0.123 e. The number of rotatable bonds is 2. The highest BCUT2D eigenvalue weighted by atomic mass is 19.1. The minimum atomic E-state index is -0.234. The fourth-order valence-corrected chi connectivity index (χ4v) is 3.22. The molecule has 0 saturated heterocycles. The molecule has 0 saturated carbocycles. The molecule has 0 fully saturated rings. The number of aromatic nitrogens is 2. The van der Waals surface area contributed by atoms with Crippen LogP contribution in [-0.2, 0) is 13.0 Å². The molecule has 2 aromatic carbocycles. The van der Waals surface area contributed by atoms with Crippen molar-refractivity contribution < 1.29 is 4.39 Å². The summed E-state index contributed by atoms with van der Waals surface area (Å²) in [5.74, 6) is 0.716. The highest BCUT2D eigenvalue weighted by Gasteiger charge is 2.20. The van der Waals surface area contributed by atoms with Gasteiger partial charge in [0.15, 0.2) is 0 Å². The summed E-state index contributed by atoms with van der Waals surface area (Å²) >= 11 is 0. The van der Waals surface area contributed by atoms with Crippen molar-refractivity contribution in [2.24, 2.45) is 4.99 Å². The lowest BCUT2D eigenvalue weighted by Crippen LogP contribution is -2.09. The standard InChI is InChI=1S/C20H18FN3/c1-3-14-4-9-19-18(10-14)20(15-5-7-16(21)8-6-15)23-12-17-11-22-13(2)24(17)19/h4-11H,3,12H2,1-2H3. The van der Waals surface area contributed by atoms with E-state index in [9.17, 15) is 4.39 Å². The van der Waals surface area contributed by atoms with Crippen LogP contribution >= 0.6 is 0 Å². The van der Waals surface area contributed by atoms with Crippen molar-refractivity contribution in [1.82, 2.24) is 9.55 Å². The predicted octanol–water partition coefficient (Wildman–Crippen LogP) is 4.23. The Balaban J connectivity index is 1.97. The highest BCUT2D eigenvalue weighted by Crippen LogP contribution is 2.27. The first-order valence-electron chi connectivity index (χ1n) is 8.14. The normalized spacial score (nSPS) is 13.0. The van der Waals surface area contributed by atoms with Crippen molar-refractivity contribution >= 4 is 5.71 Å². The SMILES string of the molecule is CCc1ccc2c(c1)C(c1ccc(F)cc1)=NCc1cnc(C)n1-2. The molecule has 120 valence electrons. The van der Waals surface area contributed by atoms with Gasteiger partial charge in [-0.15, -0.1) is 0 Å². The van der Waals surface area contributed by atoms with E-state index in [0.717, 1.165) is 40.5 Å². The topological polar surface area (TPSA) is 30.2 Å². The Bertz CT molecular complexity index is 936. The Labute approximate surface area is 140 Å². The molecular weight excluding hydrogens is 301 g/mol. The van der Waals surface area contributed by atoms with Crippen LogP contribution in [0, 0.1) is 12.7 Å². The molecule has 24 heavy (non-hydrogen) atoms. The molecule has 2 heterocycles. The number of aliphatic imine (C=N–C) groups is 1. The maximum Gasteiger partial charge on any atom is 0.123 e. The second-order valence-corrected chi connectivity index (χ2v) is 6.01. The van der Waals surface area contributed by atoms with Gasteiger partial charge in [0.2, 0.25) is 0 Å². The number of hydrogen-bond donors (Lipinski definition) is 0. The Hall–Kier alpha value is -2.75. The largest absolute Gasteiger partial charge is 0.298 e. The van der Waals surface area contributed by atoms with E-state index in [1.54, 1.807) is 12.1 Å². The van der Waals surface area contributed by atoms with Gasteiger partial charge < -0.3 is 0 Å². The van der Waals surface area contributed by atoms with Gasteiger partial charge in [0.1, 0.15) is 11.6 Å². The van der Waals surface area contributed by atoms with E-state index < -0.39 is 0 Å². The lowest BCUT2D eigenvalue weighted by molar-refractivity contribution is 0.628. The summed E-state index contributed by atoms with van der Waals surface area (Å²) in [5, 5.41) is 0. The van der Waals surface area contributed by atoms with Crippen molar-refractivity contribution in [3.8, 4) is 5.69 Å². The van der Waals surface area contributed by atoms with Crippen molar-refractivity contribution in [3.05, 3.63) is 82.7 Å². The number of fused-ring (bicyclic) bond motifs is 3. The van der Waals surface area contributed by atoms with Gasteiger partial charge in [0.25, 0.3) is 0 Å². The Kier molecular flexibility index (Phi) is 3.53. The van der Waals surface area contributed by atoms with Gasteiger partial charge in [-0.2, -0.15) is 0 Å². The van der Waals surface area contributed by atoms with Crippen molar-refractivity contribution in [1.29, 1.82) is 0 Å². The van der Waals surface area contributed by atoms with Crippen LogP contribution < -0.4 is 0 Å². The molecule has 4 heteroatoms. The Morgan fingerprint density at radius 3 is 2.67 bits per heavy atom. The van der Waals surface area contributed by atoms with Crippen molar-refractivity contribution in [2.75, 3.05) is 0 Å². The van der Waals surface area contributed by atoms with E-state index in [2.05, 4.69) is 34.7 Å². The number of aryl methyl sites for hydroxylation is 2. The Morgan fingerprint density at radius 2 is 1.92 bits per heavy atom. The molecule has 0 atom stereocenters. The number of hydrogen-bond acceptors (Lipinski definition) is 2. The van der Waals surface area contributed by atoms with Crippen LogP contribution in [0.4, 0.5) is 4.39 Å². The third-order valence-corrected chi connectivity index (χ3v) is 4.49. The van der Waals surface area contributed by atoms with E-state index in [-0.39, 0.29) is 5.82 Å². The molecular formula is C20H18FN3. The fraction of sp³-hybridized carbons (Fsp3) is 0.200. The maximum atomic E-state index is 13.3. The molecule has 0 aliphatic carbocycles. The minimum absolute atomic E-state index is 0.234. The van der Waals surface area contributed by atoms with Crippen LogP contribution in [0.2, 0.25) is 0 Å². The van der Waals surface area contributed by atoms with E-state index in [1.165, 1.54) is 17.7 Å². The molecule has 3 nitrogen and oxygen atoms in total. The van der Waals surface area contributed by atoms with Crippen molar-refractivity contribution in [2.45, 2.75) is 26.8 Å². The van der Waals surface area contributed by atoms with Crippen LogP contribution in [0.25, 0.3) is 5.69 Å². The predicted molar refractivity (Wildman–Crippen MR) is 93.4 cm³/mol. The molecule has 0 bridgehead atoms. The molecule has 3 aromatic rings. The summed E-state index contributed by atoms with van der Waals surface area (Å²) in [5.41, 5.74) is 6.31. The second kappa shape index (κ2) is 5.71. The number of benzene rings is 2. The average molecular weight is 319 g/mol. The van der Waals surface area contributed by atoms with Gasteiger partial charge >= 0.3 is 0 Å². The van der Waals surface area contributed by atoms with Crippen LogP contribution in [0.15, 0.2) is 53.7 Å². The summed E-state index contributed by atoms with van der Waals surface area (Å²) in [6.45, 7) is 4.70. The first-order valence-corrected chi connectivity index (χ1v) is 8.14. The van der Waals surface area contributed by atoms with E-state index in [0.29, 0.717) is 6.54 Å². The molecule has 0 radical (unpaired) electrons. The lowest BCUT2D eigenvalue weighted by atomic mass is 9.97. The first-order chi connectivity index (χ1) is 11.7. The van der Waals surface area contributed by atoms with Gasteiger partial charge in [-0.05, 0) is 55.3 Å². The van der Waals surface area contributed by atoms with Crippen LogP contribution in [0.5, 0.6) is 0 Å². The number of nitrogens with zero attached hydrogens (tertiary/aromatic N) is 3. The summed E-state index contributed by atoms with van der Waals surface area (Å²) in [6, 6.07) is 13.0. The van der Waals surface area contributed by atoms with Gasteiger partial charge in [0.05, 0.1) is 29.8 Å². The summed E-state index contributed by atoms with van der Waals surface area (Å²) < 4.78 is 15.5. The lowest BCUT2D eigenvalue weighted by Gasteiger charge is -2.14. The van der Waals surface area contributed by atoms with Crippen molar-refractivity contribution in [3.63, 3.8) is 0 Å². The molecule has 1 aliphatic heterocycles. The molecule has 0 N–H and O–H groups in total. The molecule has 4 rings (SSSR count). The molecule has 1 aliphatic rings. The maximum absolute atomic E-state index is 13.3. The fourth-order valence-electron chi connectivity index (χ4n) is 3.22. The molecule has 0 spiro atoms. The number of imidazole rings is 1. The quantitative estimate of drug-likeness (QED) is 0.695. The van der Waals surface area contributed by atoms with Crippen LogP contribution in [0.3, 0.4) is 0 Å². The second-order valence-electron chi connectivity index (χ2n) is 6.01. The molecule has 0 amide bonds. The van der Waals surface area contributed by atoms with Gasteiger partial charge in [-0.3, -0.25) is 9.56 Å². The van der Waals surface area contributed by atoms with Crippen LogP contribution in [-0.4, -0.2) is 15.3 Å². The zero-order valence-electron chi connectivity index (χ0n) is 13.8.